The van der Waals surface area contributed by atoms with E-state index in [1.165, 1.54) is 0 Å². The first-order valence-corrected chi connectivity index (χ1v) is 4.17. The van der Waals surface area contributed by atoms with Crippen LogP contribution in [-0.2, 0) is 9.53 Å². The Bertz CT molecular complexity index is 110. The molecule has 1 heterocycles. The van der Waals surface area contributed by atoms with Gasteiger partial charge in [0.15, 0.2) is 0 Å². The van der Waals surface area contributed by atoms with Gasteiger partial charge in [0.2, 0.25) is 0 Å². The zero-order chi connectivity index (χ0) is 6.69. The van der Waals surface area contributed by atoms with Gasteiger partial charge in [0.05, 0.1) is 6.61 Å². The van der Waals surface area contributed by atoms with Gasteiger partial charge in [-0.3, -0.25) is 4.79 Å². The van der Waals surface area contributed by atoms with Crippen molar-refractivity contribution in [2.24, 2.45) is 0 Å². The molecule has 1 rings (SSSR count). The minimum absolute atomic E-state index is 0.0336. The van der Waals surface area contributed by atoms with Crippen molar-refractivity contribution in [3.8, 4) is 0 Å². The molecule has 1 saturated heterocycles. The van der Waals surface area contributed by atoms with Crippen LogP contribution in [0.5, 0.6) is 0 Å². The molecule has 0 aromatic rings. The maximum atomic E-state index is 10.8. The van der Waals surface area contributed by atoms with Crippen LogP contribution in [0.15, 0.2) is 0 Å². The van der Waals surface area contributed by atoms with E-state index >= 15 is 0 Å². The van der Waals surface area contributed by atoms with Gasteiger partial charge in [-0.25, -0.2) is 0 Å². The molecule has 1 fully saturated rings. The fourth-order valence-electron chi connectivity index (χ4n) is 0.657. The van der Waals surface area contributed by atoms with Crippen molar-refractivity contribution >= 4 is 17.7 Å². The van der Waals surface area contributed by atoms with Crippen molar-refractivity contribution in [3.63, 3.8) is 0 Å². The van der Waals surface area contributed by atoms with Crippen LogP contribution < -0.4 is 0 Å². The largest absolute Gasteiger partial charge is 0.465 e. The summed E-state index contributed by atoms with van der Waals surface area (Å²) in [6, 6.07) is 0. The lowest BCUT2D eigenvalue weighted by atomic mass is 10.3. The van der Waals surface area contributed by atoms with E-state index in [0.29, 0.717) is 6.61 Å². The lowest BCUT2D eigenvalue weighted by Crippen LogP contribution is -2.27. The SMILES string of the molecule is CCOC(=O)C1CCS1. The number of carbonyl (C=O) groups excluding carboxylic acids is 1. The first kappa shape index (κ1) is 6.93. The van der Waals surface area contributed by atoms with Crippen molar-refractivity contribution in [3.05, 3.63) is 0 Å². The van der Waals surface area contributed by atoms with Crippen molar-refractivity contribution in [2.75, 3.05) is 12.4 Å². The molecular formula is C6H10O2S. The molecule has 1 unspecified atom stereocenters. The van der Waals surface area contributed by atoms with E-state index in [1.807, 2.05) is 6.92 Å². The van der Waals surface area contributed by atoms with E-state index < -0.39 is 0 Å². The first-order chi connectivity index (χ1) is 4.34. The molecule has 0 bridgehead atoms. The third-order valence-corrected chi connectivity index (χ3v) is 2.55. The van der Waals surface area contributed by atoms with Gasteiger partial charge in [-0.1, -0.05) is 0 Å². The average Bonchev–Trinajstić information content (AvgIpc) is 1.60. The minimum Gasteiger partial charge on any atom is -0.465 e. The highest BCUT2D eigenvalue weighted by atomic mass is 32.2. The van der Waals surface area contributed by atoms with Crippen LogP contribution in [0.1, 0.15) is 13.3 Å². The maximum Gasteiger partial charge on any atom is 0.319 e. The van der Waals surface area contributed by atoms with Crippen LogP contribution in [0.4, 0.5) is 0 Å². The molecule has 0 aromatic carbocycles. The highest BCUT2D eigenvalue weighted by Gasteiger charge is 2.26. The van der Waals surface area contributed by atoms with Gasteiger partial charge in [-0.15, -0.1) is 11.8 Å². The molecule has 0 amide bonds. The summed E-state index contributed by atoms with van der Waals surface area (Å²) in [6.45, 7) is 2.34. The fraction of sp³-hybridized carbons (Fsp3) is 0.833. The third-order valence-electron chi connectivity index (χ3n) is 1.25. The van der Waals surface area contributed by atoms with Crippen LogP contribution >= 0.6 is 11.8 Å². The Balaban J connectivity index is 2.16. The number of thioether (sulfide) groups is 1. The normalized spacial score (nSPS) is 24.8. The van der Waals surface area contributed by atoms with E-state index in [-0.39, 0.29) is 11.2 Å². The molecule has 0 spiro atoms. The molecular weight excluding hydrogens is 136 g/mol. The first-order valence-electron chi connectivity index (χ1n) is 3.13. The van der Waals surface area contributed by atoms with E-state index in [9.17, 15) is 4.79 Å². The zero-order valence-corrected chi connectivity index (χ0v) is 6.24. The molecule has 3 heteroatoms. The van der Waals surface area contributed by atoms with Crippen LogP contribution in [0.25, 0.3) is 0 Å². The fourth-order valence-corrected chi connectivity index (χ4v) is 1.33. The summed E-state index contributed by atoms with van der Waals surface area (Å²) in [5, 5.41) is 0.157. The second kappa shape index (κ2) is 3.11. The summed E-state index contributed by atoms with van der Waals surface area (Å²) in [5.41, 5.74) is 0. The van der Waals surface area contributed by atoms with Crippen LogP contribution in [-0.4, -0.2) is 23.6 Å². The third kappa shape index (κ3) is 1.61. The Morgan fingerprint density at radius 3 is 2.89 bits per heavy atom. The number of ether oxygens (including phenoxy) is 1. The van der Waals surface area contributed by atoms with Gasteiger partial charge >= 0.3 is 5.97 Å². The number of hydrogen-bond donors (Lipinski definition) is 0. The number of rotatable bonds is 2. The molecule has 0 saturated carbocycles. The summed E-state index contributed by atoms with van der Waals surface area (Å²) < 4.78 is 4.79. The predicted molar refractivity (Wildman–Crippen MR) is 37.5 cm³/mol. The minimum atomic E-state index is -0.0336. The Morgan fingerprint density at radius 1 is 1.89 bits per heavy atom. The van der Waals surface area contributed by atoms with E-state index in [4.69, 9.17) is 4.74 Å². The molecule has 1 atom stereocenters. The van der Waals surface area contributed by atoms with Crippen LogP contribution in [0.2, 0.25) is 0 Å². The zero-order valence-electron chi connectivity index (χ0n) is 5.42. The molecule has 2 nitrogen and oxygen atoms in total. The molecule has 52 valence electrons. The van der Waals surface area contributed by atoms with E-state index in [2.05, 4.69) is 0 Å². The number of hydrogen-bond acceptors (Lipinski definition) is 3. The quantitative estimate of drug-likeness (QED) is 0.545. The summed E-state index contributed by atoms with van der Waals surface area (Å²) in [6.07, 6.45) is 1.00. The lowest BCUT2D eigenvalue weighted by molar-refractivity contribution is -0.142. The van der Waals surface area contributed by atoms with E-state index in [0.717, 1.165) is 12.2 Å². The Hall–Kier alpha value is -0.180. The van der Waals surface area contributed by atoms with Crippen molar-refractivity contribution in [1.29, 1.82) is 0 Å². The van der Waals surface area contributed by atoms with Gasteiger partial charge < -0.3 is 4.74 Å². The molecule has 0 aromatic heterocycles. The van der Waals surface area contributed by atoms with Crippen molar-refractivity contribution < 1.29 is 9.53 Å². The molecule has 0 aliphatic carbocycles. The van der Waals surface area contributed by atoms with Crippen LogP contribution in [0, 0.1) is 0 Å². The number of esters is 1. The van der Waals surface area contributed by atoms with Crippen molar-refractivity contribution in [1.82, 2.24) is 0 Å². The monoisotopic (exact) mass is 146 g/mol. The summed E-state index contributed by atoms with van der Waals surface area (Å²) in [7, 11) is 0. The Labute approximate surface area is 59.0 Å². The highest BCUT2D eigenvalue weighted by Crippen LogP contribution is 2.28. The molecule has 0 radical (unpaired) electrons. The van der Waals surface area contributed by atoms with Gasteiger partial charge in [-0.05, 0) is 19.1 Å². The summed E-state index contributed by atoms with van der Waals surface area (Å²) in [4.78, 5) is 10.8. The standard InChI is InChI=1S/C6H10O2S/c1-2-8-6(7)5-3-4-9-5/h5H,2-4H2,1H3. The second-order valence-electron chi connectivity index (χ2n) is 1.90. The topological polar surface area (TPSA) is 26.3 Å². The van der Waals surface area contributed by atoms with E-state index in [1.54, 1.807) is 11.8 Å². The second-order valence-corrected chi connectivity index (χ2v) is 3.21. The van der Waals surface area contributed by atoms with Gasteiger partial charge in [0.1, 0.15) is 5.25 Å². The maximum absolute atomic E-state index is 10.8. The Kier molecular flexibility index (Phi) is 2.39. The molecule has 1 aliphatic rings. The number of carbonyl (C=O) groups is 1. The molecule has 9 heavy (non-hydrogen) atoms. The smallest absolute Gasteiger partial charge is 0.319 e. The predicted octanol–water partition coefficient (Wildman–Crippen LogP) is 1.05. The molecule has 0 N–H and O–H groups in total. The van der Waals surface area contributed by atoms with Crippen molar-refractivity contribution in [2.45, 2.75) is 18.6 Å². The average molecular weight is 146 g/mol. The summed E-state index contributed by atoms with van der Waals surface area (Å²) >= 11 is 1.68. The Morgan fingerprint density at radius 2 is 2.56 bits per heavy atom. The van der Waals surface area contributed by atoms with Gasteiger partial charge in [0, 0.05) is 0 Å². The van der Waals surface area contributed by atoms with Crippen LogP contribution in [0.3, 0.4) is 0 Å². The summed E-state index contributed by atoms with van der Waals surface area (Å²) in [5.74, 6) is 1.08. The lowest BCUT2D eigenvalue weighted by Gasteiger charge is -2.21. The van der Waals surface area contributed by atoms with Gasteiger partial charge in [-0.2, -0.15) is 0 Å². The van der Waals surface area contributed by atoms with Gasteiger partial charge in [0.25, 0.3) is 0 Å². The highest BCUT2D eigenvalue weighted by molar-refractivity contribution is 8.01. The molecule has 1 aliphatic heterocycles.